The van der Waals surface area contributed by atoms with Gasteiger partial charge >= 0.3 is 0 Å². The fraction of sp³-hybridized carbons (Fsp3) is 0.188. The molecule has 1 aromatic carbocycles. The number of aryl methyl sites for hydroxylation is 1. The van der Waals surface area contributed by atoms with Crippen molar-refractivity contribution < 1.29 is 4.79 Å². The number of aromatic nitrogens is 1. The second-order valence-corrected chi connectivity index (χ2v) is 6.50. The van der Waals surface area contributed by atoms with Gasteiger partial charge in [-0.25, -0.2) is 0 Å². The Morgan fingerprint density at radius 1 is 1.33 bits per heavy atom. The first-order valence-electron chi connectivity index (χ1n) is 6.59. The quantitative estimate of drug-likeness (QED) is 0.711. The topological polar surface area (TPSA) is 25.2 Å². The Labute approximate surface area is 132 Å². The zero-order valence-corrected chi connectivity index (χ0v) is 13.4. The van der Waals surface area contributed by atoms with Gasteiger partial charge in [-0.3, -0.25) is 4.79 Å². The molecule has 21 heavy (non-hydrogen) atoms. The predicted molar refractivity (Wildman–Crippen MR) is 88.0 cm³/mol. The summed E-state index contributed by atoms with van der Waals surface area (Å²) in [5, 5.41) is 3.72. The lowest BCUT2D eigenvalue weighted by Gasteiger charge is -2.16. The average Bonchev–Trinajstić information content (AvgIpc) is 3.07. The highest BCUT2D eigenvalue weighted by Gasteiger charge is 2.17. The van der Waals surface area contributed by atoms with Gasteiger partial charge in [-0.1, -0.05) is 23.7 Å². The number of amides is 1. The van der Waals surface area contributed by atoms with Gasteiger partial charge in [-0.05, 0) is 29.6 Å². The zero-order valence-electron chi connectivity index (χ0n) is 11.8. The minimum atomic E-state index is 0.0122. The van der Waals surface area contributed by atoms with Gasteiger partial charge in [0.05, 0.1) is 6.54 Å². The van der Waals surface area contributed by atoms with E-state index in [9.17, 15) is 4.79 Å². The van der Waals surface area contributed by atoms with Crippen molar-refractivity contribution in [3.8, 4) is 0 Å². The molecule has 108 valence electrons. The molecule has 3 aromatic rings. The molecule has 0 spiro atoms. The molecule has 0 saturated heterocycles. The van der Waals surface area contributed by atoms with E-state index in [-0.39, 0.29) is 5.91 Å². The van der Waals surface area contributed by atoms with Crippen LogP contribution < -0.4 is 0 Å². The van der Waals surface area contributed by atoms with Crippen LogP contribution in [0.3, 0.4) is 0 Å². The third-order valence-corrected chi connectivity index (χ3v) is 4.64. The molecule has 2 heterocycles. The molecule has 0 radical (unpaired) electrons. The lowest BCUT2D eigenvalue weighted by atomic mass is 10.2. The lowest BCUT2D eigenvalue weighted by molar-refractivity contribution is 0.0777. The Kier molecular flexibility index (Phi) is 3.74. The first kappa shape index (κ1) is 14.2. The summed E-state index contributed by atoms with van der Waals surface area (Å²) in [6, 6.07) is 11.6. The van der Waals surface area contributed by atoms with Gasteiger partial charge in [-0.15, -0.1) is 11.3 Å². The molecular formula is C16H15ClN2OS. The third kappa shape index (κ3) is 2.69. The Hall–Kier alpha value is -1.78. The van der Waals surface area contributed by atoms with Crippen molar-refractivity contribution >= 4 is 39.7 Å². The Morgan fingerprint density at radius 2 is 2.14 bits per heavy atom. The highest BCUT2D eigenvalue weighted by Crippen LogP contribution is 2.23. The molecule has 0 aliphatic heterocycles. The molecule has 0 N–H and O–H groups in total. The second-order valence-electron chi connectivity index (χ2n) is 5.03. The molecular weight excluding hydrogens is 304 g/mol. The van der Waals surface area contributed by atoms with E-state index in [1.165, 1.54) is 4.88 Å². The number of hydrogen-bond acceptors (Lipinski definition) is 2. The summed E-state index contributed by atoms with van der Waals surface area (Å²) in [7, 11) is 3.72. The zero-order chi connectivity index (χ0) is 15.0. The fourth-order valence-corrected chi connectivity index (χ4v) is 3.34. The molecule has 0 saturated carbocycles. The number of carbonyl (C=O) groups is 1. The maximum absolute atomic E-state index is 12.6. The smallest absolute Gasteiger partial charge is 0.270 e. The third-order valence-electron chi connectivity index (χ3n) is 3.55. The fourth-order valence-electron chi connectivity index (χ4n) is 2.41. The van der Waals surface area contributed by atoms with Crippen molar-refractivity contribution in [1.82, 2.24) is 9.47 Å². The number of nitrogens with zero attached hydrogens (tertiary/aromatic N) is 2. The van der Waals surface area contributed by atoms with Crippen LogP contribution in [-0.2, 0) is 13.6 Å². The Bertz CT molecular complexity index is 792. The average molecular weight is 319 g/mol. The monoisotopic (exact) mass is 318 g/mol. The number of fused-ring (bicyclic) bond motifs is 1. The molecule has 3 rings (SSSR count). The van der Waals surface area contributed by atoms with Gasteiger partial charge in [0.15, 0.2) is 0 Å². The summed E-state index contributed by atoms with van der Waals surface area (Å²) in [6.07, 6.45) is 0. The van der Waals surface area contributed by atoms with E-state index in [1.54, 1.807) is 16.2 Å². The molecule has 0 aliphatic carbocycles. The minimum Gasteiger partial charge on any atom is -0.340 e. The van der Waals surface area contributed by atoms with E-state index in [4.69, 9.17) is 11.6 Å². The van der Waals surface area contributed by atoms with Gasteiger partial charge in [0.2, 0.25) is 0 Å². The lowest BCUT2D eigenvalue weighted by Crippen LogP contribution is -2.27. The van der Waals surface area contributed by atoms with E-state index >= 15 is 0 Å². The van der Waals surface area contributed by atoms with Crippen molar-refractivity contribution in [3.05, 3.63) is 57.4 Å². The van der Waals surface area contributed by atoms with Crippen molar-refractivity contribution in [1.29, 1.82) is 0 Å². The van der Waals surface area contributed by atoms with Crippen LogP contribution in [0, 0.1) is 0 Å². The summed E-state index contributed by atoms with van der Waals surface area (Å²) in [5.74, 6) is 0.0122. The van der Waals surface area contributed by atoms with Crippen LogP contribution in [0.5, 0.6) is 0 Å². The van der Waals surface area contributed by atoms with E-state index < -0.39 is 0 Å². The van der Waals surface area contributed by atoms with Crippen LogP contribution in [-0.4, -0.2) is 22.4 Å². The molecule has 1 amide bonds. The number of halogens is 1. The summed E-state index contributed by atoms with van der Waals surface area (Å²) >= 11 is 7.69. The van der Waals surface area contributed by atoms with Crippen LogP contribution >= 0.6 is 22.9 Å². The molecule has 3 nitrogen and oxygen atoms in total. The number of hydrogen-bond donors (Lipinski definition) is 0. The SMILES string of the molecule is CN(Cc1cccs1)C(=O)c1cc2ccc(Cl)cc2n1C. The van der Waals surface area contributed by atoms with Crippen LogP contribution in [0.15, 0.2) is 41.8 Å². The van der Waals surface area contributed by atoms with Crippen LogP contribution in [0.2, 0.25) is 5.02 Å². The summed E-state index contributed by atoms with van der Waals surface area (Å²) in [4.78, 5) is 15.5. The number of carbonyl (C=O) groups excluding carboxylic acids is 1. The van der Waals surface area contributed by atoms with Gasteiger partial charge < -0.3 is 9.47 Å². The highest BCUT2D eigenvalue weighted by molar-refractivity contribution is 7.09. The maximum atomic E-state index is 12.6. The normalized spacial score (nSPS) is 11.0. The molecule has 5 heteroatoms. The van der Waals surface area contributed by atoms with Crippen LogP contribution in [0.4, 0.5) is 0 Å². The van der Waals surface area contributed by atoms with Gasteiger partial charge in [0.25, 0.3) is 5.91 Å². The van der Waals surface area contributed by atoms with Gasteiger partial charge in [0.1, 0.15) is 5.69 Å². The molecule has 0 bridgehead atoms. The predicted octanol–water partition coefficient (Wildman–Crippen LogP) is 4.17. The first-order valence-corrected chi connectivity index (χ1v) is 7.85. The van der Waals surface area contributed by atoms with E-state index in [1.807, 2.05) is 60.4 Å². The maximum Gasteiger partial charge on any atom is 0.270 e. The largest absolute Gasteiger partial charge is 0.340 e. The molecule has 2 aromatic heterocycles. The number of thiophene rings is 1. The van der Waals surface area contributed by atoms with Crippen molar-refractivity contribution in [2.45, 2.75) is 6.54 Å². The summed E-state index contributed by atoms with van der Waals surface area (Å²) in [6.45, 7) is 0.624. The molecule has 0 fully saturated rings. The summed E-state index contributed by atoms with van der Waals surface area (Å²) in [5.41, 5.74) is 1.64. The second kappa shape index (κ2) is 5.54. The highest BCUT2D eigenvalue weighted by atomic mass is 35.5. The Morgan fingerprint density at radius 3 is 2.86 bits per heavy atom. The number of benzene rings is 1. The van der Waals surface area contributed by atoms with Crippen molar-refractivity contribution in [2.75, 3.05) is 7.05 Å². The van der Waals surface area contributed by atoms with E-state index in [0.29, 0.717) is 17.3 Å². The molecule has 0 aliphatic rings. The standard InChI is InChI=1S/C16H15ClN2OS/c1-18(10-13-4-3-7-21-13)16(20)15-8-11-5-6-12(17)9-14(11)19(15)2/h3-9H,10H2,1-2H3. The van der Waals surface area contributed by atoms with Crippen molar-refractivity contribution in [3.63, 3.8) is 0 Å². The van der Waals surface area contributed by atoms with Gasteiger partial charge in [-0.2, -0.15) is 0 Å². The van der Waals surface area contributed by atoms with Crippen molar-refractivity contribution in [2.24, 2.45) is 7.05 Å². The van der Waals surface area contributed by atoms with E-state index in [2.05, 4.69) is 0 Å². The Balaban J connectivity index is 1.92. The summed E-state index contributed by atoms with van der Waals surface area (Å²) < 4.78 is 1.90. The van der Waals surface area contributed by atoms with Crippen LogP contribution in [0.25, 0.3) is 10.9 Å². The molecule has 0 unspecified atom stereocenters. The molecule has 0 atom stereocenters. The van der Waals surface area contributed by atoms with Gasteiger partial charge in [0, 0.05) is 34.9 Å². The minimum absolute atomic E-state index is 0.0122. The first-order chi connectivity index (χ1) is 10.1. The van der Waals surface area contributed by atoms with E-state index in [0.717, 1.165) is 10.9 Å². The van der Waals surface area contributed by atoms with Crippen LogP contribution in [0.1, 0.15) is 15.4 Å². The number of rotatable bonds is 3.